The van der Waals surface area contributed by atoms with Gasteiger partial charge in [-0.2, -0.15) is 0 Å². The number of carbonyl (C=O) groups is 1. The molecule has 9 heavy (non-hydrogen) atoms. The van der Waals surface area contributed by atoms with Crippen LogP contribution in [-0.4, -0.2) is 11.1 Å². The van der Waals surface area contributed by atoms with Crippen LogP contribution in [-0.2, 0) is 0 Å². The molecule has 4 heteroatoms. The molecule has 0 spiro atoms. The molecule has 1 saturated heterocycles. The molecule has 0 radical (unpaired) electrons. The Balaban J connectivity index is 2.81. The zero-order chi connectivity index (χ0) is 6.85. The summed E-state index contributed by atoms with van der Waals surface area (Å²) in [6.45, 7) is 1.80. The first-order chi connectivity index (χ1) is 4.24. The Morgan fingerprint density at radius 3 is 2.67 bits per heavy atom. The highest BCUT2D eigenvalue weighted by Gasteiger charge is 2.20. The third kappa shape index (κ3) is 1.13. The van der Waals surface area contributed by atoms with Gasteiger partial charge in [0.05, 0.1) is 4.91 Å². The van der Waals surface area contributed by atoms with E-state index >= 15 is 0 Å². The lowest BCUT2D eigenvalue weighted by atomic mass is 10.5. The topological polar surface area (TPSA) is 53.0 Å². The zero-order valence-corrected chi connectivity index (χ0v) is 5.71. The number of carbonyl (C=O) groups excluding carboxylic acids is 1. The summed E-state index contributed by atoms with van der Waals surface area (Å²) in [6.07, 6.45) is 1.74. The summed E-state index contributed by atoms with van der Waals surface area (Å²) < 4.78 is 0. The summed E-state index contributed by atoms with van der Waals surface area (Å²) in [6, 6.07) is 0. The molecule has 3 nitrogen and oxygen atoms in total. The van der Waals surface area contributed by atoms with Crippen molar-refractivity contribution in [2.45, 2.75) is 6.92 Å². The van der Waals surface area contributed by atoms with Gasteiger partial charge in [0.1, 0.15) is 5.84 Å². The first-order valence-electron chi connectivity index (χ1n) is 2.48. The van der Waals surface area contributed by atoms with Crippen molar-refractivity contribution < 1.29 is 4.79 Å². The van der Waals surface area contributed by atoms with Gasteiger partial charge >= 0.3 is 0 Å². The molecule has 1 amide bonds. The fourth-order valence-corrected chi connectivity index (χ4v) is 1.17. The molecule has 0 aromatic carbocycles. The van der Waals surface area contributed by atoms with Gasteiger partial charge in [-0.25, -0.2) is 0 Å². The Kier molecular flexibility index (Phi) is 1.57. The van der Waals surface area contributed by atoms with E-state index < -0.39 is 0 Å². The van der Waals surface area contributed by atoms with E-state index in [0.29, 0.717) is 4.91 Å². The van der Waals surface area contributed by atoms with Crippen molar-refractivity contribution in [1.29, 1.82) is 5.41 Å². The molecule has 1 aliphatic rings. The first kappa shape index (κ1) is 6.35. The van der Waals surface area contributed by atoms with Crippen LogP contribution in [0.5, 0.6) is 0 Å². The summed E-state index contributed by atoms with van der Waals surface area (Å²) in [4.78, 5) is 11.2. The van der Waals surface area contributed by atoms with Gasteiger partial charge < -0.3 is 5.32 Å². The molecule has 1 aliphatic heterocycles. The van der Waals surface area contributed by atoms with E-state index in [1.165, 1.54) is 0 Å². The molecule has 1 heterocycles. The maximum absolute atomic E-state index is 10.5. The van der Waals surface area contributed by atoms with Crippen molar-refractivity contribution in [3.63, 3.8) is 0 Å². The highest BCUT2D eigenvalue weighted by molar-refractivity contribution is 8.18. The Morgan fingerprint density at radius 2 is 2.44 bits per heavy atom. The molecule has 1 fully saturated rings. The molecule has 0 bridgehead atoms. The second-order valence-corrected chi connectivity index (χ2v) is 2.56. The van der Waals surface area contributed by atoms with E-state index in [9.17, 15) is 4.79 Å². The minimum absolute atomic E-state index is 0.159. The van der Waals surface area contributed by atoms with Crippen LogP contribution in [0.4, 0.5) is 4.79 Å². The lowest BCUT2D eigenvalue weighted by molar-refractivity contribution is 0.265. The lowest BCUT2D eigenvalue weighted by Gasteiger charge is -1.86. The van der Waals surface area contributed by atoms with E-state index in [-0.39, 0.29) is 11.1 Å². The Morgan fingerprint density at radius 1 is 1.78 bits per heavy atom. The Bertz CT molecular complexity index is 197. The lowest BCUT2D eigenvalue weighted by Crippen LogP contribution is -2.17. The smallest absolute Gasteiger partial charge is 0.289 e. The molecule has 0 saturated carbocycles. The van der Waals surface area contributed by atoms with E-state index in [1.807, 2.05) is 0 Å². The largest absolute Gasteiger partial charge is 0.301 e. The molecule has 2 N–H and O–H groups in total. The minimum atomic E-state index is -0.159. The fourth-order valence-electron chi connectivity index (χ4n) is 0.543. The highest BCUT2D eigenvalue weighted by Crippen LogP contribution is 2.22. The van der Waals surface area contributed by atoms with E-state index in [0.717, 1.165) is 11.8 Å². The van der Waals surface area contributed by atoms with Crippen molar-refractivity contribution in [2.24, 2.45) is 0 Å². The van der Waals surface area contributed by atoms with Crippen LogP contribution in [0.15, 0.2) is 11.0 Å². The SMILES string of the molecule is C/C=C1\SC(=O)NC1=N. The monoisotopic (exact) mass is 142 g/mol. The van der Waals surface area contributed by atoms with Crippen LogP contribution in [0.25, 0.3) is 0 Å². The molecule has 0 atom stereocenters. The van der Waals surface area contributed by atoms with Crippen LogP contribution in [0.1, 0.15) is 6.92 Å². The molecular formula is C5H6N2OS. The van der Waals surface area contributed by atoms with E-state index in [2.05, 4.69) is 5.32 Å². The van der Waals surface area contributed by atoms with Crippen LogP contribution >= 0.6 is 11.8 Å². The van der Waals surface area contributed by atoms with Gasteiger partial charge in [0.2, 0.25) is 0 Å². The number of hydrogen-bond acceptors (Lipinski definition) is 3. The maximum Gasteiger partial charge on any atom is 0.289 e. The third-order valence-corrected chi connectivity index (χ3v) is 1.89. The van der Waals surface area contributed by atoms with Gasteiger partial charge in [0, 0.05) is 0 Å². The van der Waals surface area contributed by atoms with Gasteiger partial charge in [-0.3, -0.25) is 10.2 Å². The standard InChI is InChI=1S/C5H6N2OS/c1-2-3-4(6)7-5(8)9-3/h2H,1H3,(H2,6,7,8)/b3-2-. The van der Waals surface area contributed by atoms with Crippen molar-refractivity contribution in [3.8, 4) is 0 Å². The normalized spacial score (nSPS) is 23.0. The molecule has 0 unspecified atom stereocenters. The summed E-state index contributed by atoms with van der Waals surface area (Å²) in [5.74, 6) is 0.215. The number of thioether (sulfide) groups is 1. The Hall–Kier alpha value is -0.770. The molecule has 0 aliphatic carbocycles. The van der Waals surface area contributed by atoms with Crippen molar-refractivity contribution in [3.05, 3.63) is 11.0 Å². The predicted molar refractivity (Wildman–Crippen MR) is 37.6 cm³/mol. The molecule has 0 aromatic heterocycles. The zero-order valence-electron chi connectivity index (χ0n) is 4.89. The average Bonchev–Trinajstić information content (AvgIpc) is 2.10. The molecule has 1 rings (SSSR count). The summed E-state index contributed by atoms with van der Waals surface area (Å²) in [5, 5.41) is 9.31. The molecule has 0 aromatic rings. The quantitative estimate of drug-likeness (QED) is 0.536. The third-order valence-electron chi connectivity index (χ3n) is 0.938. The van der Waals surface area contributed by atoms with Crippen LogP contribution in [0.3, 0.4) is 0 Å². The minimum Gasteiger partial charge on any atom is -0.301 e. The van der Waals surface area contributed by atoms with E-state index in [1.54, 1.807) is 13.0 Å². The highest BCUT2D eigenvalue weighted by atomic mass is 32.2. The number of rotatable bonds is 0. The van der Waals surface area contributed by atoms with Crippen LogP contribution in [0, 0.1) is 5.41 Å². The summed E-state index contributed by atoms with van der Waals surface area (Å²) in [5.41, 5.74) is 0. The van der Waals surface area contributed by atoms with Crippen molar-refractivity contribution in [2.75, 3.05) is 0 Å². The van der Waals surface area contributed by atoms with Gasteiger partial charge in [-0.1, -0.05) is 6.08 Å². The summed E-state index contributed by atoms with van der Waals surface area (Å²) in [7, 11) is 0. The average molecular weight is 142 g/mol. The Labute approximate surface area is 57.0 Å². The van der Waals surface area contributed by atoms with Gasteiger partial charge in [-0.15, -0.1) is 0 Å². The molecule has 48 valence electrons. The van der Waals surface area contributed by atoms with Crippen molar-refractivity contribution >= 4 is 22.8 Å². The van der Waals surface area contributed by atoms with Gasteiger partial charge in [0.15, 0.2) is 0 Å². The predicted octanol–water partition coefficient (Wildman–Crippen LogP) is 1.32. The number of amidine groups is 1. The fraction of sp³-hybridized carbons (Fsp3) is 0.200. The van der Waals surface area contributed by atoms with Gasteiger partial charge in [0.25, 0.3) is 5.24 Å². The van der Waals surface area contributed by atoms with Crippen molar-refractivity contribution in [1.82, 2.24) is 5.32 Å². The number of hydrogen-bond donors (Lipinski definition) is 2. The molecular weight excluding hydrogens is 136 g/mol. The second kappa shape index (κ2) is 2.23. The number of nitrogens with one attached hydrogen (secondary N) is 2. The van der Waals surface area contributed by atoms with Crippen LogP contribution in [0.2, 0.25) is 0 Å². The van der Waals surface area contributed by atoms with Gasteiger partial charge in [-0.05, 0) is 18.7 Å². The maximum atomic E-state index is 10.5. The first-order valence-corrected chi connectivity index (χ1v) is 3.29. The summed E-state index contributed by atoms with van der Waals surface area (Å²) >= 11 is 1.06. The second-order valence-electron chi connectivity index (χ2n) is 1.54. The van der Waals surface area contributed by atoms with Crippen LogP contribution < -0.4 is 5.32 Å². The number of amides is 1. The van der Waals surface area contributed by atoms with E-state index in [4.69, 9.17) is 5.41 Å². The number of allylic oxidation sites excluding steroid dienone is 1.